The van der Waals surface area contributed by atoms with Crippen LogP contribution in [0.3, 0.4) is 0 Å². The number of anilines is 1. The summed E-state index contributed by atoms with van der Waals surface area (Å²) in [6.07, 6.45) is 2.21. The molecule has 0 unspecified atom stereocenters. The van der Waals surface area contributed by atoms with E-state index in [4.69, 9.17) is 4.74 Å². The number of hydrogen-bond acceptors (Lipinski definition) is 5. The number of nitrogens with one attached hydrogen (secondary N) is 1. The fourth-order valence-electron chi connectivity index (χ4n) is 4.10. The number of para-hydroxylation sites is 1. The van der Waals surface area contributed by atoms with Crippen LogP contribution in [0.2, 0.25) is 0 Å². The Labute approximate surface area is 215 Å². The van der Waals surface area contributed by atoms with Crippen molar-refractivity contribution in [2.75, 3.05) is 24.2 Å². The smallest absolute Gasteiger partial charge is 0.244 e. The molecule has 0 aliphatic heterocycles. The number of carbonyl (C=O) groups is 2. The van der Waals surface area contributed by atoms with Gasteiger partial charge in [-0.1, -0.05) is 44.2 Å². The summed E-state index contributed by atoms with van der Waals surface area (Å²) in [6, 6.07) is 11.9. The van der Waals surface area contributed by atoms with Gasteiger partial charge in [0.15, 0.2) is 0 Å². The van der Waals surface area contributed by atoms with Crippen LogP contribution in [0.25, 0.3) is 0 Å². The quantitative estimate of drug-likeness (QED) is 0.462. The van der Waals surface area contributed by atoms with Crippen LogP contribution in [0.15, 0.2) is 42.5 Å². The first-order valence-corrected chi connectivity index (χ1v) is 14.0. The third-order valence-electron chi connectivity index (χ3n) is 6.24. The number of amides is 2. The molecular formula is C27H39N3O5S. The van der Waals surface area contributed by atoms with Crippen molar-refractivity contribution in [1.82, 2.24) is 10.2 Å². The predicted molar refractivity (Wildman–Crippen MR) is 144 cm³/mol. The summed E-state index contributed by atoms with van der Waals surface area (Å²) in [4.78, 5) is 28.5. The fourth-order valence-corrected chi connectivity index (χ4v) is 5.07. The lowest BCUT2D eigenvalue weighted by Gasteiger charge is -2.34. The van der Waals surface area contributed by atoms with Crippen LogP contribution < -0.4 is 14.4 Å². The maximum absolute atomic E-state index is 13.8. The molecule has 0 heterocycles. The highest BCUT2D eigenvalue weighted by Gasteiger charge is 2.32. The van der Waals surface area contributed by atoms with Gasteiger partial charge in [-0.25, -0.2) is 8.42 Å². The average molecular weight is 518 g/mol. The van der Waals surface area contributed by atoms with Crippen LogP contribution in [-0.2, 0) is 26.2 Å². The van der Waals surface area contributed by atoms with Gasteiger partial charge in [0.25, 0.3) is 0 Å². The third kappa shape index (κ3) is 7.46. The number of rotatable bonds is 12. The second-order valence-electron chi connectivity index (χ2n) is 9.13. The minimum atomic E-state index is -3.79. The van der Waals surface area contributed by atoms with Crippen LogP contribution in [-0.4, -0.2) is 57.1 Å². The monoisotopic (exact) mass is 517 g/mol. The summed E-state index contributed by atoms with van der Waals surface area (Å²) < 4.78 is 32.2. The van der Waals surface area contributed by atoms with Crippen molar-refractivity contribution in [2.45, 2.75) is 66.1 Å². The highest BCUT2D eigenvalue weighted by atomic mass is 32.2. The van der Waals surface area contributed by atoms with Crippen molar-refractivity contribution in [2.24, 2.45) is 0 Å². The van der Waals surface area contributed by atoms with Gasteiger partial charge in [0.2, 0.25) is 21.8 Å². The van der Waals surface area contributed by atoms with Gasteiger partial charge in [-0.3, -0.25) is 13.9 Å². The van der Waals surface area contributed by atoms with Crippen molar-refractivity contribution in [1.29, 1.82) is 0 Å². The number of methoxy groups -OCH3 is 1. The molecule has 0 saturated carbocycles. The molecule has 8 nitrogen and oxygen atoms in total. The van der Waals surface area contributed by atoms with Gasteiger partial charge in [0.05, 0.1) is 19.1 Å². The third-order valence-corrected chi connectivity index (χ3v) is 7.35. The standard InChI is InChI=1S/C27H39N3O5S/c1-8-21(5)28-27(32)24(9-2)29(17-22-14-11-15-23(16-22)35-6)25(31)18-30(36(7,33)34)26-19(3)12-10-13-20(26)4/h10-16,21,24H,8-9,17-18H2,1-7H3,(H,28,32)/t21-,24+/m0/s1. The Morgan fingerprint density at radius 2 is 1.64 bits per heavy atom. The number of aryl methyl sites for hydroxylation is 2. The normalized spacial score (nSPS) is 13.0. The van der Waals surface area contributed by atoms with Crippen LogP contribution in [0, 0.1) is 13.8 Å². The Hall–Kier alpha value is -3.07. The average Bonchev–Trinajstić information content (AvgIpc) is 2.82. The number of benzene rings is 2. The highest BCUT2D eigenvalue weighted by Crippen LogP contribution is 2.27. The molecule has 0 saturated heterocycles. The molecule has 0 spiro atoms. The lowest BCUT2D eigenvalue weighted by molar-refractivity contribution is -0.140. The molecule has 0 aliphatic carbocycles. The van der Waals surface area contributed by atoms with E-state index in [-0.39, 0.29) is 18.5 Å². The molecule has 0 radical (unpaired) electrons. The summed E-state index contributed by atoms with van der Waals surface area (Å²) >= 11 is 0. The lowest BCUT2D eigenvalue weighted by Crippen LogP contribution is -2.53. The van der Waals surface area contributed by atoms with Crippen molar-refractivity contribution >= 4 is 27.5 Å². The van der Waals surface area contributed by atoms with Crippen LogP contribution >= 0.6 is 0 Å². The largest absolute Gasteiger partial charge is 0.497 e. The number of sulfonamides is 1. The zero-order valence-electron chi connectivity index (χ0n) is 22.4. The van der Waals surface area contributed by atoms with Crippen molar-refractivity contribution < 1.29 is 22.7 Å². The first kappa shape index (κ1) is 29.2. The SMILES string of the molecule is CC[C@H](C(=O)N[C@@H](C)CC)N(Cc1cccc(OC)c1)C(=O)CN(c1c(C)cccc1C)S(C)(=O)=O. The molecule has 0 aromatic heterocycles. The summed E-state index contributed by atoms with van der Waals surface area (Å²) in [5.74, 6) is -0.0941. The summed E-state index contributed by atoms with van der Waals surface area (Å²) in [5, 5.41) is 2.97. The van der Waals surface area contributed by atoms with E-state index in [2.05, 4.69) is 5.32 Å². The molecule has 198 valence electrons. The number of hydrogen-bond donors (Lipinski definition) is 1. The molecule has 0 bridgehead atoms. The van der Waals surface area contributed by atoms with E-state index in [1.54, 1.807) is 19.2 Å². The van der Waals surface area contributed by atoms with Gasteiger partial charge >= 0.3 is 0 Å². The second kappa shape index (κ2) is 12.8. The molecule has 0 fully saturated rings. The second-order valence-corrected chi connectivity index (χ2v) is 11.0. The molecule has 2 aromatic carbocycles. The van der Waals surface area contributed by atoms with E-state index in [1.165, 1.54) is 4.90 Å². The first-order chi connectivity index (χ1) is 16.9. The van der Waals surface area contributed by atoms with Crippen molar-refractivity contribution in [3.63, 3.8) is 0 Å². The zero-order valence-corrected chi connectivity index (χ0v) is 23.2. The summed E-state index contributed by atoms with van der Waals surface area (Å²) in [7, 11) is -2.22. The van der Waals surface area contributed by atoms with Gasteiger partial charge in [0.1, 0.15) is 18.3 Å². The Morgan fingerprint density at radius 3 is 2.17 bits per heavy atom. The Bertz CT molecular complexity index is 1150. The van der Waals surface area contributed by atoms with E-state index in [9.17, 15) is 18.0 Å². The Kier molecular flexibility index (Phi) is 10.3. The van der Waals surface area contributed by atoms with Crippen molar-refractivity contribution in [3.05, 3.63) is 59.2 Å². The van der Waals surface area contributed by atoms with E-state index in [1.807, 2.05) is 65.0 Å². The zero-order chi connectivity index (χ0) is 27.0. The van der Waals surface area contributed by atoms with Gasteiger partial charge in [-0.05, 0) is 62.4 Å². The van der Waals surface area contributed by atoms with Crippen LogP contribution in [0.1, 0.15) is 50.3 Å². The number of nitrogens with zero attached hydrogens (tertiary/aromatic N) is 2. The maximum atomic E-state index is 13.8. The summed E-state index contributed by atoms with van der Waals surface area (Å²) in [5.41, 5.74) is 2.74. The molecule has 2 atom stereocenters. The van der Waals surface area contributed by atoms with E-state index in [0.29, 0.717) is 17.9 Å². The van der Waals surface area contributed by atoms with Gasteiger partial charge < -0.3 is 15.0 Å². The minimum absolute atomic E-state index is 0.0533. The van der Waals surface area contributed by atoms with Gasteiger partial charge in [-0.2, -0.15) is 0 Å². The Morgan fingerprint density at radius 1 is 1.03 bits per heavy atom. The maximum Gasteiger partial charge on any atom is 0.244 e. The van der Waals surface area contributed by atoms with Crippen molar-refractivity contribution in [3.8, 4) is 5.75 Å². The van der Waals surface area contributed by atoms with E-state index >= 15 is 0 Å². The van der Waals surface area contributed by atoms with Gasteiger partial charge in [-0.15, -0.1) is 0 Å². The first-order valence-electron chi connectivity index (χ1n) is 12.2. The molecule has 2 aromatic rings. The van der Waals surface area contributed by atoms with Crippen LogP contribution in [0.5, 0.6) is 5.75 Å². The predicted octanol–water partition coefficient (Wildman–Crippen LogP) is 3.80. The molecule has 0 aliphatic rings. The molecule has 9 heteroatoms. The van der Waals surface area contributed by atoms with E-state index in [0.717, 1.165) is 33.7 Å². The Balaban J connectivity index is 2.51. The van der Waals surface area contributed by atoms with E-state index < -0.39 is 28.5 Å². The molecule has 1 N–H and O–H groups in total. The topological polar surface area (TPSA) is 96.0 Å². The molecular weight excluding hydrogens is 478 g/mol. The lowest BCUT2D eigenvalue weighted by atomic mass is 10.1. The molecule has 2 rings (SSSR count). The number of carbonyl (C=O) groups excluding carboxylic acids is 2. The fraction of sp³-hybridized carbons (Fsp3) is 0.481. The number of ether oxygens (including phenoxy) is 1. The minimum Gasteiger partial charge on any atom is -0.497 e. The summed E-state index contributed by atoms with van der Waals surface area (Å²) in [6.45, 7) is 9.06. The van der Waals surface area contributed by atoms with Crippen LogP contribution in [0.4, 0.5) is 5.69 Å². The molecule has 2 amide bonds. The van der Waals surface area contributed by atoms with Gasteiger partial charge in [0, 0.05) is 12.6 Å². The highest BCUT2D eigenvalue weighted by molar-refractivity contribution is 7.92. The molecule has 36 heavy (non-hydrogen) atoms.